The van der Waals surface area contributed by atoms with Crippen LogP contribution < -0.4 is 5.32 Å². The van der Waals surface area contributed by atoms with Crippen molar-refractivity contribution < 1.29 is 4.74 Å². The molecule has 0 aliphatic carbocycles. The van der Waals surface area contributed by atoms with Gasteiger partial charge in [-0.2, -0.15) is 0 Å². The van der Waals surface area contributed by atoms with Crippen LogP contribution in [0.5, 0.6) is 0 Å². The van der Waals surface area contributed by atoms with Gasteiger partial charge in [-0.15, -0.1) is 0 Å². The monoisotopic (exact) mass is 293 g/mol. The lowest BCUT2D eigenvalue weighted by Crippen LogP contribution is -2.18. The average Bonchev–Trinajstić information content (AvgIpc) is 3.06. The van der Waals surface area contributed by atoms with Crippen LogP contribution in [0, 0.1) is 0 Å². The summed E-state index contributed by atoms with van der Waals surface area (Å²) < 4.78 is 7.48. The minimum atomic E-state index is 0.365. The molecule has 1 aromatic heterocycles. The number of hydrogen-bond donors (Lipinski definition) is 1. The highest BCUT2D eigenvalue weighted by molar-refractivity contribution is 6.31. The Hall–Kier alpha value is -1.10. The van der Waals surface area contributed by atoms with Crippen molar-refractivity contribution in [2.24, 2.45) is 0 Å². The fraction of sp³-hybridized carbons (Fsp3) is 0.533. The highest BCUT2D eigenvalue weighted by atomic mass is 35.5. The van der Waals surface area contributed by atoms with Crippen LogP contribution in [0.4, 0.5) is 0 Å². The molecule has 4 nitrogen and oxygen atoms in total. The molecule has 108 valence electrons. The third-order valence-electron chi connectivity index (χ3n) is 3.84. The van der Waals surface area contributed by atoms with Crippen molar-refractivity contribution in [2.75, 3.05) is 20.3 Å². The summed E-state index contributed by atoms with van der Waals surface area (Å²) in [5.41, 5.74) is 2.15. The average molecular weight is 294 g/mol. The highest BCUT2D eigenvalue weighted by Gasteiger charge is 2.23. The Kier molecular flexibility index (Phi) is 4.24. The second kappa shape index (κ2) is 6.12. The zero-order valence-corrected chi connectivity index (χ0v) is 12.5. The Bertz CT molecular complexity index is 590. The first-order chi connectivity index (χ1) is 9.79. The van der Waals surface area contributed by atoms with Crippen molar-refractivity contribution in [2.45, 2.75) is 31.8 Å². The van der Waals surface area contributed by atoms with Crippen LogP contribution in [0.15, 0.2) is 18.2 Å². The summed E-state index contributed by atoms with van der Waals surface area (Å²) in [4.78, 5) is 4.81. The van der Waals surface area contributed by atoms with Gasteiger partial charge in [0.05, 0.1) is 17.1 Å². The SMILES string of the molecule is COCCCn1c(C2CCCN2)nc2cc(Cl)ccc21. The Balaban J connectivity index is 1.99. The number of ether oxygens (including phenoxy) is 1. The minimum Gasteiger partial charge on any atom is -0.385 e. The van der Waals surface area contributed by atoms with Crippen LogP contribution in [0.1, 0.15) is 31.1 Å². The molecular formula is C15H20ClN3O. The van der Waals surface area contributed by atoms with Gasteiger partial charge in [0.15, 0.2) is 0 Å². The van der Waals surface area contributed by atoms with Gasteiger partial charge in [0.25, 0.3) is 0 Å². The van der Waals surface area contributed by atoms with Crippen LogP contribution in [0.2, 0.25) is 5.02 Å². The molecule has 2 aromatic rings. The number of aromatic nitrogens is 2. The van der Waals surface area contributed by atoms with E-state index in [2.05, 4.69) is 16.0 Å². The van der Waals surface area contributed by atoms with Crippen molar-refractivity contribution in [3.05, 3.63) is 29.0 Å². The Morgan fingerprint density at radius 2 is 2.40 bits per heavy atom. The standard InChI is InChI=1S/C15H20ClN3O/c1-20-9-3-8-19-14-6-5-11(16)10-13(14)18-15(19)12-4-2-7-17-12/h5-6,10,12,17H,2-4,7-9H2,1H3. The van der Waals surface area contributed by atoms with Crippen molar-refractivity contribution in [1.29, 1.82) is 0 Å². The summed E-state index contributed by atoms with van der Waals surface area (Å²) in [7, 11) is 1.74. The quantitative estimate of drug-likeness (QED) is 0.861. The lowest BCUT2D eigenvalue weighted by atomic mass is 10.2. The summed E-state index contributed by atoms with van der Waals surface area (Å²) in [5, 5.41) is 4.27. The number of benzene rings is 1. The number of aryl methyl sites for hydroxylation is 1. The van der Waals surface area contributed by atoms with Crippen molar-refractivity contribution >= 4 is 22.6 Å². The number of nitrogens with zero attached hydrogens (tertiary/aromatic N) is 2. The fourth-order valence-corrected chi connectivity index (χ4v) is 3.06. The van der Waals surface area contributed by atoms with Crippen LogP contribution in [-0.4, -0.2) is 29.8 Å². The molecule has 0 radical (unpaired) electrons. The smallest absolute Gasteiger partial charge is 0.127 e. The van der Waals surface area contributed by atoms with E-state index < -0.39 is 0 Å². The Morgan fingerprint density at radius 1 is 1.50 bits per heavy atom. The lowest BCUT2D eigenvalue weighted by molar-refractivity contribution is 0.190. The first-order valence-corrected chi connectivity index (χ1v) is 7.55. The lowest BCUT2D eigenvalue weighted by Gasteiger charge is -2.14. The van der Waals surface area contributed by atoms with Gasteiger partial charge in [0.1, 0.15) is 5.82 Å². The predicted molar refractivity (Wildman–Crippen MR) is 81.2 cm³/mol. The molecule has 1 unspecified atom stereocenters. The first kappa shape index (κ1) is 13.9. The molecule has 3 rings (SSSR count). The van der Waals surface area contributed by atoms with E-state index in [1.807, 2.05) is 12.1 Å². The molecule has 2 heterocycles. The molecular weight excluding hydrogens is 274 g/mol. The van der Waals surface area contributed by atoms with E-state index in [9.17, 15) is 0 Å². The van der Waals surface area contributed by atoms with Gasteiger partial charge < -0.3 is 14.6 Å². The molecule has 0 amide bonds. The summed E-state index contributed by atoms with van der Waals surface area (Å²) in [6.45, 7) is 2.77. The molecule has 20 heavy (non-hydrogen) atoms. The van der Waals surface area contributed by atoms with Crippen LogP contribution in [0.25, 0.3) is 11.0 Å². The van der Waals surface area contributed by atoms with Crippen molar-refractivity contribution in [3.8, 4) is 0 Å². The van der Waals surface area contributed by atoms with Gasteiger partial charge in [-0.3, -0.25) is 0 Å². The second-order valence-corrected chi connectivity index (χ2v) is 5.69. The number of fused-ring (bicyclic) bond motifs is 1. The molecule has 0 spiro atoms. The predicted octanol–water partition coefficient (Wildman–Crippen LogP) is 3.15. The maximum atomic E-state index is 6.08. The molecule has 1 aromatic carbocycles. The normalized spacial score (nSPS) is 19.0. The number of rotatable bonds is 5. The Labute approximate surface area is 124 Å². The zero-order chi connectivity index (χ0) is 13.9. The van der Waals surface area contributed by atoms with E-state index in [1.165, 1.54) is 6.42 Å². The molecule has 1 fully saturated rings. The van der Waals surface area contributed by atoms with E-state index in [4.69, 9.17) is 21.3 Å². The summed E-state index contributed by atoms with van der Waals surface area (Å²) in [6, 6.07) is 6.31. The van der Waals surface area contributed by atoms with Gasteiger partial charge in [-0.05, 0) is 44.0 Å². The fourth-order valence-electron chi connectivity index (χ4n) is 2.89. The minimum absolute atomic E-state index is 0.365. The van der Waals surface area contributed by atoms with Gasteiger partial charge in [-0.25, -0.2) is 4.98 Å². The molecule has 0 bridgehead atoms. The topological polar surface area (TPSA) is 39.1 Å². The van der Waals surface area contributed by atoms with Gasteiger partial charge in [0.2, 0.25) is 0 Å². The second-order valence-electron chi connectivity index (χ2n) is 5.25. The number of halogens is 1. The molecule has 5 heteroatoms. The van der Waals surface area contributed by atoms with E-state index in [-0.39, 0.29) is 0 Å². The van der Waals surface area contributed by atoms with Gasteiger partial charge >= 0.3 is 0 Å². The summed E-state index contributed by atoms with van der Waals surface area (Å²) in [6.07, 6.45) is 3.36. The largest absolute Gasteiger partial charge is 0.385 e. The number of nitrogens with one attached hydrogen (secondary N) is 1. The third kappa shape index (κ3) is 2.68. The summed E-state index contributed by atoms with van der Waals surface area (Å²) >= 11 is 6.08. The van der Waals surface area contributed by atoms with E-state index >= 15 is 0 Å². The van der Waals surface area contributed by atoms with Gasteiger partial charge in [-0.1, -0.05) is 11.6 Å². The Morgan fingerprint density at radius 3 is 3.15 bits per heavy atom. The number of methoxy groups -OCH3 is 1. The molecule has 1 saturated heterocycles. The molecule has 1 aliphatic heterocycles. The first-order valence-electron chi connectivity index (χ1n) is 7.17. The van der Waals surface area contributed by atoms with E-state index in [0.29, 0.717) is 6.04 Å². The third-order valence-corrected chi connectivity index (χ3v) is 4.08. The molecule has 1 N–H and O–H groups in total. The number of imidazole rings is 1. The molecule has 1 aliphatic rings. The van der Waals surface area contributed by atoms with Gasteiger partial charge in [0, 0.05) is 25.3 Å². The van der Waals surface area contributed by atoms with E-state index in [1.54, 1.807) is 7.11 Å². The number of hydrogen-bond acceptors (Lipinski definition) is 3. The van der Waals surface area contributed by atoms with Crippen molar-refractivity contribution in [1.82, 2.24) is 14.9 Å². The molecule has 0 saturated carbocycles. The highest BCUT2D eigenvalue weighted by Crippen LogP contribution is 2.28. The van der Waals surface area contributed by atoms with Crippen LogP contribution in [0.3, 0.4) is 0 Å². The maximum Gasteiger partial charge on any atom is 0.127 e. The zero-order valence-electron chi connectivity index (χ0n) is 11.7. The van der Waals surface area contributed by atoms with Crippen LogP contribution in [-0.2, 0) is 11.3 Å². The molecule has 1 atom stereocenters. The maximum absolute atomic E-state index is 6.08. The summed E-state index contributed by atoms with van der Waals surface area (Å²) in [5.74, 6) is 1.14. The van der Waals surface area contributed by atoms with Crippen molar-refractivity contribution in [3.63, 3.8) is 0 Å². The van der Waals surface area contributed by atoms with Crippen LogP contribution >= 0.6 is 11.6 Å². The van der Waals surface area contributed by atoms with E-state index in [0.717, 1.165) is 54.4 Å².